The molecule has 1 atom stereocenters. The van der Waals surface area contributed by atoms with E-state index in [-0.39, 0.29) is 11.9 Å². The Hall–Kier alpha value is -1.61. The Labute approximate surface area is 133 Å². The number of hydrogen-bond acceptors (Lipinski definition) is 1. The highest BCUT2D eigenvalue weighted by Crippen LogP contribution is 2.35. The molecule has 0 spiro atoms. The number of hydrogen-bond donors (Lipinski definition) is 0. The molecule has 0 bridgehead atoms. The molecule has 3 heteroatoms. The van der Waals surface area contributed by atoms with Crippen molar-refractivity contribution in [3.05, 3.63) is 69.2 Å². The second kappa shape index (κ2) is 5.64. The molecule has 0 saturated carbocycles. The standard InChI is InChI=1S/C18H18BrNO/c1-12-11-14(7-9-16(12)19)18(21)20(2)17-10-8-13-5-3-4-6-15(13)17/h3-7,9,11,17H,8,10H2,1-2H3. The van der Waals surface area contributed by atoms with Crippen molar-refractivity contribution in [2.45, 2.75) is 25.8 Å². The minimum absolute atomic E-state index is 0.0901. The SMILES string of the molecule is Cc1cc(C(=O)N(C)C2CCc3ccccc32)ccc1Br. The molecule has 3 rings (SSSR count). The summed E-state index contributed by atoms with van der Waals surface area (Å²) in [6.45, 7) is 2.01. The van der Waals surface area contributed by atoms with Crippen molar-refractivity contribution in [1.29, 1.82) is 0 Å². The number of nitrogens with zero attached hydrogens (tertiary/aromatic N) is 1. The quantitative estimate of drug-likeness (QED) is 0.785. The predicted molar refractivity (Wildman–Crippen MR) is 88.5 cm³/mol. The van der Waals surface area contributed by atoms with Gasteiger partial charge in [0.05, 0.1) is 6.04 Å². The predicted octanol–water partition coefficient (Wildman–Crippen LogP) is 4.52. The van der Waals surface area contributed by atoms with Gasteiger partial charge in [-0.15, -0.1) is 0 Å². The average molecular weight is 344 g/mol. The van der Waals surface area contributed by atoms with Crippen molar-refractivity contribution in [3.63, 3.8) is 0 Å². The van der Waals surface area contributed by atoms with E-state index in [1.54, 1.807) is 0 Å². The van der Waals surface area contributed by atoms with Crippen molar-refractivity contribution >= 4 is 21.8 Å². The lowest BCUT2D eigenvalue weighted by Gasteiger charge is -2.25. The van der Waals surface area contributed by atoms with Crippen molar-refractivity contribution in [3.8, 4) is 0 Å². The number of amides is 1. The summed E-state index contributed by atoms with van der Waals surface area (Å²) in [5.41, 5.74) is 4.50. The third-order valence-electron chi connectivity index (χ3n) is 4.29. The van der Waals surface area contributed by atoms with Crippen LogP contribution in [0.3, 0.4) is 0 Å². The van der Waals surface area contributed by atoms with E-state index in [1.807, 2.05) is 37.1 Å². The first-order valence-electron chi connectivity index (χ1n) is 7.19. The monoisotopic (exact) mass is 343 g/mol. The van der Waals surface area contributed by atoms with E-state index < -0.39 is 0 Å². The third kappa shape index (κ3) is 2.62. The van der Waals surface area contributed by atoms with Crippen LogP contribution in [0.5, 0.6) is 0 Å². The lowest BCUT2D eigenvalue weighted by molar-refractivity contribution is 0.0730. The molecule has 2 aromatic carbocycles. The molecule has 21 heavy (non-hydrogen) atoms. The zero-order chi connectivity index (χ0) is 15.0. The molecule has 2 nitrogen and oxygen atoms in total. The molecule has 0 aromatic heterocycles. The Morgan fingerprint density at radius 3 is 2.76 bits per heavy atom. The fraction of sp³-hybridized carbons (Fsp3) is 0.278. The van der Waals surface area contributed by atoms with Gasteiger partial charge >= 0.3 is 0 Å². The van der Waals surface area contributed by atoms with Gasteiger partial charge in [-0.25, -0.2) is 0 Å². The number of carbonyl (C=O) groups excluding carboxylic acids is 1. The summed E-state index contributed by atoms with van der Waals surface area (Å²) in [5, 5.41) is 0. The largest absolute Gasteiger partial charge is 0.335 e. The molecule has 2 aromatic rings. The lowest BCUT2D eigenvalue weighted by Crippen LogP contribution is -2.30. The van der Waals surface area contributed by atoms with Gasteiger partial charge in [-0.1, -0.05) is 40.2 Å². The second-order valence-electron chi connectivity index (χ2n) is 5.63. The second-order valence-corrected chi connectivity index (χ2v) is 6.49. The van der Waals surface area contributed by atoms with Gasteiger partial charge in [0.15, 0.2) is 0 Å². The maximum Gasteiger partial charge on any atom is 0.254 e. The molecule has 1 amide bonds. The van der Waals surface area contributed by atoms with E-state index in [0.29, 0.717) is 0 Å². The van der Waals surface area contributed by atoms with Crippen LogP contribution in [0.2, 0.25) is 0 Å². The average Bonchev–Trinajstić information content (AvgIpc) is 2.92. The molecule has 0 fully saturated rings. The van der Waals surface area contributed by atoms with Crippen LogP contribution in [0.1, 0.15) is 39.5 Å². The summed E-state index contributed by atoms with van der Waals surface area (Å²) >= 11 is 3.48. The molecule has 0 heterocycles. The molecule has 0 saturated heterocycles. The molecular weight excluding hydrogens is 326 g/mol. The Balaban J connectivity index is 1.87. The van der Waals surface area contributed by atoms with Crippen molar-refractivity contribution < 1.29 is 4.79 Å². The first kappa shape index (κ1) is 14.3. The molecule has 1 unspecified atom stereocenters. The lowest BCUT2D eigenvalue weighted by atomic mass is 10.1. The van der Waals surface area contributed by atoms with Crippen LogP contribution in [0.4, 0.5) is 0 Å². The van der Waals surface area contributed by atoms with E-state index in [9.17, 15) is 4.79 Å². The normalized spacial score (nSPS) is 16.6. The van der Waals surface area contributed by atoms with Crippen LogP contribution in [0.15, 0.2) is 46.9 Å². The van der Waals surface area contributed by atoms with Gasteiger partial charge in [-0.05, 0) is 54.7 Å². The maximum atomic E-state index is 12.7. The molecule has 108 valence electrons. The third-order valence-corrected chi connectivity index (χ3v) is 5.18. The van der Waals surface area contributed by atoms with Gasteiger partial charge in [0, 0.05) is 17.1 Å². The van der Waals surface area contributed by atoms with E-state index in [1.165, 1.54) is 11.1 Å². The van der Waals surface area contributed by atoms with Crippen molar-refractivity contribution in [1.82, 2.24) is 4.90 Å². The summed E-state index contributed by atoms with van der Waals surface area (Å²) in [5.74, 6) is 0.0901. The number of rotatable bonds is 2. The first-order valence-corrected chi connectivity index (χ1v) is 7.98. The van der Waals surface area contributed by atoms with Gasteiger partial charge in [-0.3, -0.25) is 4.79 Å². The van der Waals surface area contributed by atoms with Crippen LogP contribution in [-0.2, 0) is 6.42 Å². The van der Waals surface area contributed by atoms with Gasteiger partial charge in [-0.2, -0.15) is 0 Å². The summed E-state index contributed by atoms with van der Waals surface area (Å²) in [6, 6.07) is 14.4. The Kier molecular flexibility index (Phi) is 3.85. The summed E-state index contributed by atoms with van der Waals surface area (Å²) < 4.78 is 1.04. The fourth-order valence-corrected chi connectivity index (χ4v) is 3.31. The van der Waals surface area contributed by atoms with Crippen molar-refractivity contribution in [2.24, 2.45) is 0 Å². The molecular formula is C18H18BrNO. The highest BCUT2D eigenvalue weighted by molar-refractivity contribution is 9.10. The molecule has 1 aliphatic rings. The highest BCUT2D eigenvalue weighted by Gasteiger charge is 2.28. The highest BCUT2D eigenvalue weighted by atomic mass is 79.9. The van der Waals surface area contributed by atoms with Crippen LogP contribution >= 0.6 is 15.9 Å². The number of carbonyl (C=O) groups is 1. The van der Waals surface area contributed by atoms with E-state index in [0.717, 1.165) is 28.4 Å². The Morgan fingerprint density at radius 1 is 1.24 bits per heavy atom. The minimum Gasteiger partial charge on any atom is -0.335 e. The zero-order valence-electron chi connectivity index (χ0n) is 12.3. The van der Waals surface area contributed by atoms with E-state index in [2.05, 4.69) is 40.2 Å². The van der Waals surface area contributed by atoms with Gasteiger partial charge in [0.25, 0.3) is 5.91 Å². The number of halogens is 1. The number of benzene rings is 2. The van der Waals surface area contributed by atoms with E-state index in [4.69, 9.17) is 0 Å². The van der Waals surface area contributed by atoms with Gasteiger partial charge in [0.1, 0.15) is 0 Å². The van der Waals surface area contributed by atoms with Crippen molar-refractivity contribution in [2.75, 3.05) is 7.05 Å². The van der Waals surface area contributed by atoms with Crippen LogP contribution in [0.25, 0.3) is 0 Å². The minimum atomic E-state index is 0.0901. The van der Waals surface area contributed by atoms with Crippen LogP contribution in [0, 0.1) is 6.92 Å². The molecule has 0 radical (unpaired) electrons. The van der Waals surface area contributed by atoms with Gasteiger partial charge < -0.3 is 4.90 Å². The number of fused-ring (bicyclic) bond motifs is 1. The smallest absolute Gasteiger partial charge is 0.254 e. The summed E-state index contributed by atoms with van der Waals surface area (Å²) in [4.78, 5) is 14.6. The Bertz CT molecular complexity index is 695. The molecule has 1 aliphatic carbocycles. The Morgan fingerprint density at radius 2 is 2.00 bits per heavy atom. The van der Waals surface area contributed by atoms with Gasteiger partial charge in [0.2, 0.25) is 0 Å². The van der Waals surface area contributed by atoms with E-state index >= 15 is 0 Å². The zero-order valence-corrected chi connectivity index (χ0v) is 13.9. The molecule has 0 N–H and O–H groups in total. The summed E-state index contributed by atoms with van der Waals surface area (Å²) in [6.07, 6.45) is 2.06. The fourth-order valence-electron chi connectivity index (χ4n) is 3.06. The van der Waals surface area contributed by atoms with Crippen LogP contribution in [-0.4, -0.2) is 17.9 Å². The molecule has 0 aliphatic heterocycles. The number of aryl methyl sites for hydroxylation is 2. The first-order chi connectivity index (χ1) is 10.1. The van der Waals surface area contributed by atoms with Crippen LogP contribution < -0.4 is 0 Å². The summed E-state index contributed by atoms with van der Waals surface area (Å²) in [7, 11) is 1.91. The topological polar surface area (TPSA) is 20.3 Å². The maximum absolute atomic E-state index is 12.7.